The number of aryl methyl sites for hydroxylation is 1. The molecule has 0 bridgehead atoms. The van der Waals surface area contributed by atoms with Gasteiger partial charge in [-0.3, -0.25) is 9.59 Å². The van der Waals surface area contributed by atoms with Crippen molar-refractivity contribution in [2.75, 3.05) is 17.2 Å². The highest BCUT2D eigenvalue weighted by Gasteiger charge is 2.40. The number of rotatable bonds is 6. The van der Waals surface area contributed by atoms with E-state index in [-0.39, 0.29) is 16.5 Å². The Hall–Kier alpha value is -3.45. The fraction of sp³-hybridized carbons (Fsp3) is 0.355. The third-order valence-electron chi connectivity index (χ3n) is 7.83. The normalized spacial score (nSPS) is 19.6. The number of halogens is 3. The summed E-state index contributed by atoms with van der Waals surface area (Å²) in [4.78, 5) is 29.0. The largest absolute Gasteiger partial charge is 0.382 e. The molecule has 0 unspecified atom stereocenters. The number of nitrogens with zero attached hydrogens (tertiary/aromatic N) is 1. The molecule has 1 aliphatic heterocycles. The molecule has 39 heavy (non-hydrogen) atoms. The number of carbonyl (C=O) groups excluding carboxylic acids is 2. The van der Waals surface area contributed by atoms with Crippen molar-refractivity contribution in [2.24, 2.45) is 5.92 Å². The lowest BCUT2D eigenvalue weighted by atomic mass is 9.83. The highest BCUT2D eigenvalue weighted by atomic mass is 35.5. The molecule has 1 aliphatic carbocycles. The first-order valence-corrected chi connectivity index (χ1v) is 13.9. The lowest BCUT2D eigenvalue weighted by molar-refractivity contribution is -0.123. The molecule has 0 aromatic heterocycles. The van der Waals surface area contributed by atoms with E-state index >= 15 is 0 Å². The van der Waals surface area contributed by atoms with Crippen molar-refractivity contribution in [3.8, 4) is 0 Å². The lowest BCUT2D eigenvalue weighted by Gasteiger charge is -2.41. The Labute approximate surface area is 232 Å². The van der Waals surface area contributed by atoms with Gasteiger partial charge in [0, 0.05) is 24.0 Å². The van der Waals surface area contributed by atoms with Gasteiger partial charge in [-0.15, -0.1) is 0 Å². The molecule has 3 aromatic carbocycles. The average molecular weight is 552 g/mol. The van der Waals surface area contributed by atoms with E-state index in [4.69, 9.17) is 11.6 Å². The SMILES string of the molecule is Cc1cccc(F)c1C(=O)N1CCC[C@H](C(=O)Nc2ccc(F)c(Cl)c2)[C@@H]1c1ccc(NC2CCCC2)cc1. The number of hydrogen-bond acceptors (Lipinski definition) is 3. The number of nitrogens with one attached hydrogen (secondary N) is 2. The lowest BCUT2D eigenvalue weighted by Crippen LogP contribution is -2.46. The van der Waals surface area contributed by atoms with Crippen molar-refractivity contribution in [3.63, 3.8) is 0 Å². The van der Waals surface area contributed by atoms with Crippen LogP contribution in [0.15, 0.2) is 60.7 Å². The second-order valence-corrected chi connectivity index (χ2v) is 10.9. The summed E-state index contributed by atoms with van der Waals surface area (Å²) < 4.78 is 28.5. The van der Waals surface area contributed by atoms with Crippen LogP contribution in [0.3, 0.4) is 0 Å². The first-order chi connectivity index (χ1) is 18.8. The van der Waals surface area contributed by atoms with Gasteiger partial charge < -0.3 is 15.5 Å². The van der Waals surface area contributed by atoms with Crippen molar-refractivity contribution in [3.05, 3.63) is 94.0 Å². The van der Waals surface area contributed by atoms with Gasteiger partial charge in [0.2, 0.25) is 5.91 Å². The second kappa shape index (κ2) is 11.7. The van der Waals surface area contributed by atoms with Crippen molar-refractivity contribution in [2.45, 2.75) is 57.5 Å². The summed E-state index contributed by atoms with van der Waals surface area (Å²) in [6, 6.07) is 16.3. The molecule has 0 radical (unpaired) electrons. The molecule has 2 atom stereocenters. The van der Waals surface area contributed by atoms with Crippen molar-refractivity contribution in [1.29, 1.82) is 0 Å². The second-order valence-electron chi connectivity index (χ2n) is 10.5. The summed E-state index contributed by atoms with van der Waals surface area (Å²) in [5.41, 5.74) is 2.72. The molecule has 2 fully saturated rings. The molecule has 204 valence electrons. The average Bonchev–Trinajstić information content (AvgIpc) is 3.44. The van der Waals surface area contributed by atoms with Crippen LogP contribution in [-0.4, -0.2) is 29.3 Å². The molecule has 2 N–H and O–H groups in total. The third-order valence-corrected chi connectivity index (χ3v) is 8.12. The van der Waals surface area contributed by atoms with E-state index in [0.717, 1.165) is 24.1 Å². The summed E-state index contributed by atoms with van der Waals surface area (Å²) in [7, 11) is 0. The molecule has 5 rings (SSSR count). The van der Waals surface area contributed by atoms with Gasteiger partial charge in [-0.1, -0.05) is 48.7 Å². The van der Waals surface area contributed by atoms with Gasteiger partial charge in [0.1, 0.15) is 11.6 Å². The Morgan fingerprint density at radius 2 is 1.62 bits per heavy atom. The van der Waals surface area contributed by atoms with Gasteiger partial charge in [-0.05, 0) is 80.1 Å². The number of likely N-dealkylation sites (tertiary alicyclic amines) is 1. The Morgan fingerprint density at radius 3 is 2.31 bits per heavy atom. The third kappa shape index (κ3) is 5.93. The maximum atomic E-state index is 14.9. The van der Waals surface area contributed by atoms with Crippen molar-refractivity contribution < 1.29 is 18.4 Å². The predicted octanol–water partition coefficient (Wildman–Crippen LogP) is 7.51. The molecule has 5 nitrogen and oxygen atoms in total. The molecular formula is C31H32ClF2N3O2. The van der Waals surface area contributed by atoms with Gasteiger partial charge in [0.05, 0.1) is 22.5 Å². The van der Waals surface area contributed by atoms with E-state index in [9.17, 15) is 18.4 Å². The van der Waals surface area contributed by atoms with Gasteiger partial charge >= 0.3 is 0 Å². The highest BCUT2D eigenvalue weighted by Crippen LogP contribution is 2.39. The Bertz CT molecular complexity index is 1340. The molecule has 1 saturated carbocycles. The van der Waals surface area contributed by atoms with E-state index in [1.165, 1.54) is 37.1 Å². The van der Waals surface area contributed by atoms with Gasteiger partial charge in [-0.2, -0.15) is 0 Å². The van der Waals surface area contributed by atoms with Crippen LogP contribution >= 0.6 is 11.6 Å². The van der Waals surface area contributed by atoms with E-state index in [1.54, 1.807) is 24.0 Å². The summed E-state index contributed by atoms with van der Waals surface area (Å²) >= 11 is 5.92. The minimum absolute atomic E-state index is 0.0217. The topological polar surface area (TPSA) is 61.4 Å². The molecule has 2 amide bonds. The van der Waals surface area contributed by atoms with E-state index in [2.05, 4.69) is 10.6 Å². The van der Waals surface area contributed by atoms with Crippen molar-refractivity contribution in [1.82, 2.24) is 4.90 Å². The standard InChI is InChI=1S/C31H32ClF2N3O2/c1-19-6-4-10-27(34)28(19)31(39)37-17-5-9-24(30(38)36-23-15-16-26(33)25(32)18-23)29(37)20-11-13-22(14-12-20)35-21-7-2-3-8-21/h4,6,10-16,18,21,24,29,35H,2-3,5,7-9,17H2,1H3,(H,36,38)/t24-,29-/m0/s1. The van der Waals surface area contributed by atoms with Crippen LogP contribution in [0.1, 0.15) is 66.1 Å². The van der Waals surface area contributed by atoms with Gasteiger partial charge in [0.15, 0.2) is 0 Å². The van der Waals surface area contributed by atoms with Crippen LogP contribution in [-0.2, 0) is 4.79 Å². The first kappa shape index (κ1) is 27.1. The molecule has 0 spiro atoms. The Kier molecular flexibility index (Phi) is 8.17. The molecule has 3 aromatic rings. The Balaban J connectivity index is 1.47. The summed E-state index contributed by atoms with van der Waals surface area (Å²) in [5.74, 6) is -2.51. The predicted molar refractivity (Wildman–Crippen MR) is 150 cm³/mol. The zero-order chi connectivity index (χ0) is 27.5. The first-order valence-electron chi connectivity index (χ1n) is 13.5. The van der Waals surface area contributed by atoms with E-state index < -0.39 is 29.5 Å². The Morgan fingerprint density at radius 1 is 0.897 bits per heavy atom. The molecular weight excluding hydrogens is 520 g/mol. The van der Waals surface area contributed by atoms with Crippen LogP contribution in [0.2, 0.25) is 5.02 Å². The summed E-state index contributed by atoms with van der Waals surface area (Å²) in [6.07, 6.45) is 5.85. The maximum Gasteiger partial charge on any atom is 0.257 e. The molecule has 8 heteroatoms. The van der Waals surface area contributed by atoms with Crippen LogP contribution in [0.5, 0.6) is 0 Å². The molecule has 2 aliphatic rings. The smallest absolute Gasteiger partial charge is 0.257 e. The van der Waals surface area contributed by atoms with Crippen LogP contribution in [0.25, 0.3) is 0 Å². The molecule has 1 heterocycles. The van der Waals surface area contributed by atoms with Crippen LogP contribution < -0.4 is 10.6 Å². The molecule has 1 saturated heterocycles. The van der Waals surface area contributed by atoms with Crippen LogP contribution in [0.4, 0.5) is 20.2 Å². The minimum atomic E-state index is -0.610. The fourth-order valence-electron chi connectivity index (χ4n) is 5.85. The minimum Gasteiger partial charge on any atom is -0.382 e. The fourth-order valence-corrected chi connectivity index (χ4v) is 6.03. The van der Waals surface area contributed by atoms with E-state index in [1.807, 2.05) is 24.3 Å². The quantitative estimate of drug-likeness (QED) is 0.333. The number of hydrogen-bond donors (Lipinski definition) is 2. The monoisotopic (exact) mass is 551 g/mol. The zero-order valence-corrected chi connectivity index (χ0v) is 22.6. The number of anilines is 2. The summed E-state index contributed by atoms with van der Waals surface area (Å²) in [6.45, 7) is 2.10. The van der Waals surface area contributed by atoms with Crippen molar-refractivity contribution >= 4 is 34.8 Å². The number of amides is 2. The zero-order valence-electron chi connectivity index (χ0n) is 21.9. The van der Waals surface area contributed by atoms with E-state index in [0.29, 0.717) is 36.7 Å². The van der Waals surface area contributed by atoms with Gasteiger partial charge in [0.25, 0.3) is 5.91 Å². The number of benzene rings is 3. The van der Waals surface area contributed by atoms with Crippen LogP contribution in [0, 0.1) is 24.5 Å². The summed E-state index contributed by atoms with van der Waals surface area (Å²) in [5, 5.41) is 6.32. The highest BCUT2D eigenvalue weighted by molar-refractivity contribution is 6.31. The van der Waals surface area contributed by atoms with Gasteiger partial charge in [-0.25, -0.2) is 8.78 Å². The number of carbonyl (C=O) groups is 2. The maximum absolute atomic E-state index is 14.9. The number of piperidine rings is 1.